The molecule has 22 heavy (non-hydrogen) atoms. The molecule has 0 radical (unpaired) electrons. The Hall–Kier alpha value is -1.70. The highest BCUT2D eigenvalue weighted by molar-refractivity contribution is 5.83. The molecule has 4 N–H and O–H groups in total. The molecular formula is C16H18O6. The molecule has 1 fully saturated rings. The van der Waals surface area contributed by atoms with Crippen LogP contribution in [0.5, 0.6) is 5.75 Å². The summed E-state index contributed by atoms with van der Waals surface area (Å²) in [5.41, 5.74) is 0. The van der Waals surface area contributed by atoms with Gasteiger partial charge in [0.25, 0.3) is 0 Å². The average molecular weight is 306 g/mol. The number of ether oxygens (including phenoxy) is 2. The maximum absolute atomic E-state index is 9.95. The van der Waals surface area contributed by atoms with Gasteiger partial charge in [0.15, 0.2) is 0 Å². The summed E-state index contributed by atoms with van der Waals surface area (Å²) in [5, 5.41) is 40.6. The first-order chi connectivity index (χ1) is 10.6. The molecule has 0 saturated carbocycles. The zero-order valence-corrected chi connectivity index (χ0v) is 11.7. The van der Waals surface area contributed by atoms with Gasteiger partial charge in [-0.05, 0) is 22.9 Å². The van der Waals surface area contributed by atoms with Crippen molar-refractivity contribution in [1.29, 1.82) is 0 Å². The summed E-state index contributed by atoms with van der Waals surface area (Å²) >= 11 is 0. The van der Waals surface area contributed by atoms with E-state index in [2.05, 4.69) is 0 Å². The van der Waals surface area contributed by atoms with E-state index in [9.17, 15) is 15.3 Å². The Balaban J connectivity index is 1.80. The molecule has 1 saturated heterocycles. The second-order valence-corrected chi connectivity index (χ2v) is 5.32. The minimum atomic E-state index is -1.45. The second kappa shape index (κ2) is 6.20. The summed E-state index contributed by atoms with van der Waals surface area (Å²) in [6, 6.07) is 13.1. The van der Waals surface area contributed by atoms with Crippen molar-refractivity contribution in [2.24, 2.45) is 0 Å². The fourth-order valence-electron chi connectivity index (χ4n) is 2.54. The number of rotatable bonds is 3. The maximum Gasteiger partial charge on any atom is 0.229 e. The summed E-state index contributed by atoms with van der Waals surface area (Å²) in [5.74, 6) is 0.461. The molecule has 118 valence electrons. The van der Waals surface area contributed by atoms with E-state index in [1.54, 1.807) is 12.1 Å². The van der Waals surface area contributed by atoms with Crippen LogP contribution in [0.1, 0.15) is 0 Å². The summed E-state index contributed by atoms with van der Waals surface area (Å²) in [4.78, 5) is 0. The number of benzene rings is 2. The lowest BCUT2D eigenvalue weighted by molar-refractivity contribution is -0.277. The van der Waals surface area contributed by atoms with Crippen LogP contribution >= 0.6 is 0 Å². The molecule has 0 amide bonds. The van der Waals surface area contributed by atoms with Crippen LogP contribution in [0, 0.1) is 0 Å². The molecule has 0 spiro atoms. The van der Waals surface area contributed by atoms with Gasteiger partial charge in [0.2, 0.25) is 6.29 Å². The van der Waals surface area contributed by atoms with Crippen molar-refractivity contribution in [3.63, 3.8) is 0 Å². The number of fused-ring (bicyclic) bond motifs is 1. The predicted molar refractivity (Wildman–Crippen MR) is 78.3 cm³/mol. The Bertz CT molecular complexity index is 643. The molecule has 1 heterocycles. The lowest BCUT2D eigenvalue weighted by Gasteiger charge is -2.39. The zero-order valence-electron chi connectivity index (χ0n) is 11.7. The van der Waals surface area contributed by atoms with Crippen LogP contribution < -0.4 is 4.74 Å². The van der Waals surface area contributed by atoms with E-state index in [1.807, 2.05) is 30.3 Å². The van der Waals surface area contributed by atoms with Gasteiger partial charge in [-0.25, -0.2) is 0 Å². The number of hydrogen-bond acceptors (Lipinski definition) is 6. The molecule has 2 aromatic carbocycles. The fourth-order valence-corrected chi connectivity index (χ4v) is 2.54. The number of aliphatic hydroxyl groups excluding tert-OH is 4. The molecule has 3 rings (SSSR count). The quantitative estimate of drug-likeness (QED) is 0.638. The highest BCUT2D eigenvalue weighted by Gasteiger charge is 2.44. The molecule has 1 aliphatic heterocycles. The number of hydrogen-bond donors (Lipinski definition) is 4. The van der Waals surface area contributed by atoms with Crippen LogP contribution in [0.3, 0.4) is 0 Å². The summed E-state index contributed by atoms with van der Waals surface area (Å²) < 4.78 is 10.9. The minimum Gasteiger partial charge on any atom is -0.462 e. The molecule has 6 heteroatoms. The number of aliphatic hydroxyl groups is 4. The van der Waals surface area contributed by atoms with Crippen molar-refractivity contribution in [3.05, 3.63) is 42.5 Å². The Morgan fingerprint density at radius 2 is 1.64 bits per heavy atom. The van der Waals surface area contributed by atoms with Crippen molar-refractivity contribution in [3.8, 4) is 5.75 Å². The first-order valence-corrected chi connectivity index (χ1v) is 7.06. The fraction of sp³-hybridized carbons (Fsp3) is 0.375. The van der Waals surface area contributed by atoms with E-state index in [1.165, 1.54) is 0 Å². The molecule has 1 aliphatic rings. The molecule has 5 atom stereocenters. The summed E-state index contributed by atoms with van der Waals surface area (Å²) in [6.07, 6.45) is -6.40. The largest absolute Gasteiger partial charge is 0.462 e. The maximum atomic E-state index is 9.95. The van der Waals surface area contributed by atoms with Crippen molar-refractivity contribution >= 4 is 10.8 Å². The van der Waals surface area contributed by atoms with Crippen LogP contribution in [0.2, 0.25) is 0 Å². The standard InChI is InChI=1S/C16H18O6/c17-8-12-13(18)14(19)15(20)16(22-12)21-11-6-5-9-3-1-2-4-10(9)7-11/h1-7,12-20H,8H2/t12-,13+,14-,15-,16+/m1/s1. The monoisotopic (exact) mass is 306 g/mol. The first-order valence-electron chi connectivity index (χ1n) is 7.06. The van der Waals surface area contributed by atoms with E-state index >= 15 is 0 Å². The highest BCUT2D eigenvalue weighted by atomic mass is 16.7. The average Bonchev–Trinajstić information content (AvgIpc) is 2.55. The van der Waals surface area contributed by atoms with Crippen LogP contribution in [-0.2, 0) is 4.74 Å². The van der Waals surface area contributed by atoms with Gasteiger partial charge in [0, 0.05) is 0 Å². The van der Waals surface area contributed by atoms with E-state index in [0.717, 1.165) is 10.8 Å². The van der Waals surface area contributed by atoms with Gasteiger partial charge in [-0.15, -0.1) is 0 Å². The molecular weight excluding hydrogens is 288 g/mol. The molecule has 6 nitrogen and oxygen atoms in total. The van der Waals surface area contributed by atoms with Gasteiger partial charge < -0.3 is 29.9 Å². The molecule has 0 unspecified atom stereocenters. The van der Waals surface area contributed by atoms with E-state index < -0.39 is 37.3 Å². The second-order valence-electron chi connectivity index (χ2n) is 5.32. The molecule has 0 aliphatic carbocycles. The highest BCUT2D eigenvalue weighted by Crippen LogP contribution is 2.26. The predicted octanol–water partition coefficient (Wildman–Crippen LogP) is 0.0185. The molecule has 0 aromatic heterocycles. The third kappa shape index (κ3) is 2.79. The van der Waals surface area contributed by atoms with Gasteiger partial charge in [-0.2, -0.15) is 0 Å². The normalized spacial score (nSPS) is 32.1. The van der Waals surface area contributed by atoms with Gasteiger partial charge >= 0.3 is 0 Å². The SMILES string of the molecule is OC[C@H]1O[C@H](Oc2ccc3ccccc3c2)[C@H](O)[C@H](O)[C@H]1O. The zero-order chi connectivity index (χ0) is 15.7. The molecule has 2 aromatic rings. The van der Waals surface area contributed by atoms with Crippen LogP contribution in [-0.4, -0.2) is 57.7 Å². The lowest BCUT2D eigenvalue weighted by Crippen LogP contribution is -2.60. The van der Waals surface area contributed by atoms with Gasteiger partial charge in [-0.3, -0.25) is 0 Å². The third-order valence-electron chi connectivity index (χ3n) is 3.82. The van der Waals surface area contributed by atoms with E-state index in [-0.39, 0.29) is 0 Å². The van der Waals surface area contributed by atoms with Crippen LogP contribution in [0.4, 0.5) is 0 Å². The van der Waals surface area contributed by atoms with Gasteiger partial charge in [0.1, 0.15) is 30.2 Å². The van der Waals surface area contributed by atoms with E-state index in [4.69, 9.17) is 14.6 Å². The summed E-state index contributed by atoms with van der Waals surface area (Å²) in [7, 11) is 0. The Kier molecular flexibility index (Phi) is 4.28. The summed E-state index contributed by atoms with van der Waals surface area (Å²) in [6.45, 7) is -0.484. The lowest BCUT2D eigenvalue weighted by atomic mass is 9.99. The molecule has 0 bridgehead atoms. The topological polar surface area (TPSA) is 99.4 Å². The third-order valence-corrected chi connectivity index (χ3v) is 3.82. The van der Waals surface area contributed by atoms with Crippen LogP contribution in [0.25, 0.3) is 10.8 Å². The van der Waals surface area contributed by atoms with E-state index in [0.29, 0.717) is 5.75 Å². The smallest absolute Gasteiger partial charge is 0.229 e. The van der Waals surface area contributed by atoms with Gasteiger partial charge in [0.05, 0.1) is 6.61 Å². The van der Waals surface area contributed by atoms with Crippen molar-refractivity contribution in [2.45, 2.75) is 30.7 Å². The Labute approximate surface area is 127 Å². The Morgan fingerprint density at radius 3 is 2.36 bits per heavy atom. The van der Waals surface area contributed by atoms with Crippen molar-refractivity contribution < 1.29 is 29.9 Å². The van der Waals surface area contributed by atoms with Crippen LogP contribution in [0.15, 0.2) is 42.5 Å². The van der Waals surface area contributed by atoms with Crippen molar-refractivity contribution in [2.75, 3.05) is 6.61 Å². The Morgan fingerprint density at radius 1 is 0.909 bits per heavy atom. The first kappa shape index (κ1) is 15.2. The van der Waals surface area contributed by atoms with Crippen molar-refractivity contribution in [1.82, 2.24) is 0 Å². The van der Waals surface area contributed by atoms with Gasteiger partial charge in [-0.1, -0.05) is 30.3 Å². The minimum absolute atomic E-state index is 0.461.